The third-order valence-electron chi connectivity index (χ3n) is 6.79. The van der Waals surface area contributed by atoms with Gasteiger partial charge in [-0.25, -0.2) is 8.42 Å². The molecular weight excluding hydrogens is 594 g/mol. The second-order valence-corrected chi connectivity index (χ2v) is 12.9. The van der Waals surface area contributed by atoms with Gasteiger partial charge >= 0.3 is 0 Å². The van der Waals surface area contributed by atoms with Crippen LogP contribution in [-0.4, -0.2) is 56.6 Å². The zero-order valence-electron chi connectivity index (χ0n) is 24.5. The smallest absolute Gasteiger partial charge is 0.264 e. The Morgan fingerprint density at radius 2 is 1.62 bits per heavy atom. The van der Waals surface area contributed by atoms with E-state index in [1.165, 1.54) is 28.8 Å². The minimum absolute atomic E-state index is 0.0335. The summed E-state index contributed by atoms with van der Waals surface area (Å²) < 4.78 is 35.1. The van der Waals surface area contributed by atoms with E-state index in [9.17, 15) is 18.0 Å². The normalized spacial score (nSPS) is 12.7. The van der Waals surface area contributed by atoms with Gasteiger partial charge in [0.1, 0.15) is 18.3 Å². The predicted molar refractivity (Wildman–Crippen MR) is 170 cm³/mol. The first-order valence-corrected chi connectivity index (χ1v) is 16.8. The predicted octanol–water partition coefficient (Wildman–Crippen LogP) is 5.99. The fraction of sp³-hybridized carbons (Fsp3) is 0.355. The van der Waals surface area contributed by atoms with Crippen molar-refractivity contribution in [3.63, 3.8) is 0 Å². The minimum atomic E-state index is -4.22. The Balaban J connectivity index is 2.07. The van der Waals surface area contributed by atoms with Gasteiger partial charge in [0.2, 0.25) is 11.8 Å². The highest BCUT2D eigenvalue weighted by Crippen LogP contribution is 2.33. The molecule has 8 nitrogen and oxygen atoms in total. The molecule has 0 saturated carbocycles. The van der Waals surface area contributed by atoms with Gasteiger partial charge in [0, 0.05) is 22.5 Å². The molecule has 42 heavy (non-hydrogen) atoms. The summed E-state index contributed by atoms with van der Waals surface area (Å²) in [6.45, 7) is 7.11. The molecule has 0 aliphatic carbocycles. The fourth-order valence-corrected chi connectivity index (χ4v) is 6.12. The average Bonchev–Trinajstić information content (AvgIpc) is 2.99. The number of carbonyl (C=O) groups is 2. The molecule has 0 saturated heterocycles. The van der Waals surface area contributed by atoms with E-state index in [1.54, 1.807) is 74.5 Å². The number of benzene rings is 3. The van der Waals surface area contributed by atoms with Crippen LogP contribution in [-0.2, 0) is 26.2 Å². The lowest BCUT2D eigenvalue weighted by Crippen LogP contribution is -2.52. The van der Waals surface area contributed by atoms with E-state index in [-0.39, 0.29) is 29.1 Å². The Bertz CT molecular complexity index is 1450. The van der Waals surface area contributed by atoms with Gasteiger partial charge in [0.15, 0.2) is 0 Å². The van der Waals surface area contributed by atoms with E-state index in [0.717, 1.165) is 21.2 Å². The summed E-state index contributed by atoms with van der Waals surface area (Å²) >= 11 is 7.56. The van der Waals surface area contributed by atoms with Crippen LogP contribution in [0.5, 0.6) is 5.75 Å². The number of nitrogens with one attached hydrogen (secondary N) is 1. The lowest BCUT2D eigenvalue weighted by atomic mass is 10.1. The Morgan fingerprint density at radius 1 is 0.976 bits per heavy atom. The topological polar surface area (TPSA) is 96.0 Å². The van der Waals surface area contributed by atoms with E-state index >= 15 is 0 Å². The highest BCUT2D eigenvalue weighted by Gasteiger charge is 2.34. The quantitative estimate of drug-likeness (QED) is 0.220. The number of amides is 2. The van der Waals surface area contributed by atoms with Gasteiger partial charge in [-0.05, 0) is 87.5 Å². The van der Waals surface area contributed by atoms with Crippen molar-refractivity contribution in [2.45, 2.75) is 62.5 Å². The van der Waals surface area contributed by atoms with Crippen LogP contribution in [0.3, 0.4) is 0 Å². The number of carbonyl (C=O) groups excluding carboxylic acids is 2. The minimum Gasteiger partial charge on any atom is -0.492 e. The van der Waals surface area contributed by atoms with Crippen LogP contribution in [0.25, 0.3) is 0 Å². The highest BCUT2D eigenvalue weighted by atomic mass is 35.5. The molecule has 3 aromatic rings. The first kappa shape index (κ1) is 33.3. The number of ether oxygens (including phenoxy) is 1. The van der Waals surface area contributed by atoms with Gasteiger partial charge in [-0.3, -0.25) is 13.9 Å². The molecule has 2 amide bonds. The number of hydrogen-bond acceptors (Lipinski definition) is 6. The maximum absolute atomic E-state index is 14.1. The Hall–Kier alpha value is -3.21. The number of para-hydroxylation sites is 2. The molecule has 3 aromatic carbocycles. The zero-order chi connectivity index (χ0) is 30.9. The van der Waals surface area contributed by atoms with Crippen LogP contribution in [0.4, 0.5) is 5.69 Å². The van der Waals surface area contributed by atoms with Crippen molar-refractivity contribution < 1.29 is 22.7 Å². The summed E-state index contributed by atoms with van der Waals surface area (Å²) in [4.78, 5) is 29.6. The van der Waals surface area contributed by atoms with Gasteiger partial charge < -0.3 is 15.0 Å². The maximum atomic E-state index is 14.1. The number of sulfonamides is 1. The molecule has 0 aliphatic rings. The first-order valence-electron chi connectivity index (χ1n) is 13.7. The van der Waals surface area contributed by atoms with Crippen LogP contribution in [0.15, 0.2) is 82.6 Å². The number of hydrogen-bond donors (Lipinski definition) is 1. The Labute approximate surface area is 258 Å². The zero-order valence-corrected chi connectivity index (χ0v) is 26.9. The van der Waals surface area contributed by atoms with Crippen molar-refractivity contribution in [3.05, 3.63) is 83.4 Å². The molecule has 0 bridgehead atoms. The van der Waals surface area contributed by atoms with Crippen LogP contribution < -0.4 is 14.4 Å². The molecule has 226 valence electrons. The van der Waals surface area contributed by atoms with E-state index in [4.69, 9.17) is 16.3 Å². The first-order chi connectivity index (χ1) is 20.0. The molecule has 2 atom stereocenters. The van der Waals surface area contributed by atoms with Crippen LogP contribution in [0.1, 0.15) is 39.7 Å². The number of rotatable bonds is 14. The maximum Gasteiger partial charge on any atom is 0.264 e. The third kappa shape index (κ3) is 8.42. The number of thioether (sulfide) groups is 1. The molecule has 0 heterocycles. The molecule has 0 aliphatic heterocycles. The van der Waals surface area contributed by atoms with E-state index in [0.29, 0.717) is 17.4 Å². The summed E-state index contributed by atoms with van der Waals surface area (Å²) in [5.74, 6) is -0.556. The van der Waals surface area contributed by atoms with Gasteiger partial charge in [-0.15, -0.1) is 11.8 Å². The lowest BCUT2D eigenvalue weighted by Gasteiger charge is -2.33. The average molecular weight is 632 g/mol. The van der Waals surface area contributed by atoms with Gasteiger partial charge in [-0.1, -0.05) is 42.8 Å². The van der Waals surface area contributed by atoms with Crippen molar-refractivity contribution >= 4 is 50.9 Å². The van der Waals surface area contributed by atoms with Gasteiger partial charge in [0.25, 0.3) is 10.0 Å². The molecule has 0 radical (unpaired) electrons. The van der Waals surface area contributed by atoms with Crippen molar-refractivity contribution in [1.82, 2.24) is 10.2 Å². The van der Waals surface area contributed by atoms with Crippen LogP contribution in [0, 0.1) is 0 Å². The molecule has 0 unspecified atom stereocenters. The molecule has 0 spiro atoms. The molecule has 1 N–H and O–H groups in total. The summed E-state index contributed by atoms with van der Waals surface area (Å²) in [6, 6.07) is 19.2. The molecule has 0 aromatic heterocycles. The Morgan fingerprint density at radius 3 is 2.21 bits per heavy atom. The summed E-state index contributed by atoms with van der Waals surface area (Å²) in [6.07, 6.45) is 2.62. The van der Waals surface area contributed by atoms with Crippen molar-refractivity contribution in [1.29, 1.82) is 0 Å². The van der Waals surface area contributed by atoms with Gasteiger partial charge in [-0.2, -0.15) is 0 Å². The SMILES string of the molecule is CCOc1ccccc1N(CC(=O)N(Cc1ccc(Cl)cc1)[C@H](C)C(=O)N[C@@H](C)CC)S(=O)(=O)c1ccc(SC)cc1. The second-order valence-electron chi connectivity index (χ2n) is 9.73. The summed E-state index contributed by atoms with van der Waals surface area (Å²) in [5, 5.41) is 3.47. The standard InChI is InChI=1S/C31H38ClN3O5S2/c1-6-22(3)33-31(37)23(4)34(20-24-12-14-25(32)15-13-24)30(36)21-35(28-10-8-9-11-29(28)40-7-2)42(38,39)27-18-16-26(41-5)17-19-27/h8-19,22-23H,6-7,20-21H2,1-5H3,(H,33,37)/t22-,23+/m0/s1. The van der Waals surface area contributed by atoms with Crippen LogP contribution in [0.2, 0.25) is 5.02 Å². The summed E-state index contributed by atoms with van der Waals surface area (Å²) in [5.41, 5.74) is 0.970. The monoisotopic (exact) mass is 631 g/mol. The van der Waals surface area contributed by atoms with Gasteiger partial charge in [0.05, 0.1) is 17.2 Å². The van der Waals surface area contributed by atoms with E-state index in [2.05, 4.69) is 5.32 Å². The Kier molecular flexibility index (Phi) is 12.1. The molecular formula is C31H38ClN3O5S2. The van der Waals surface area contributed by atoms with Crippen molar-refractivity contribution in [2.24, 2.45) is 0 Å². The lowest BCUT2D eigenvalue weighted by molar-refractivity contribution is -0.139. The van der Waals surface area contributed by atoms with E-state index in [1.807, 2.05) is 20.1 Å². The largest absolute Gasteiger partial charge is 0.492 e. The molecule has 11 heteroatoms. The van der Waals surface area contributed by atoms with Crippen molar-refractivity contribution in [2.75, 3.05) is 23.7 Å². The molecule has 3 rings (SSSR count). The summed E-state index contributed by atoms with van der Waals surface area (Å²) in [7, 11) is -4.22. The van der Waals surface area contributed by atoms with E-state index < -0.39 is 28.5 Å². The number of anilines is 1. The molecule has 0 fully saturated rings. The fourth-order valence-electron chi connectivity index (χ4n) is 4.16. The second kappa shape index (κ2) is 15.3. The van der Waals surface area contributed by atoms with Crippen LogP contribution >= 0.6 is 23.4 Å². The highest BCUT2D eigenvalue weighted by molar-refractivity contribution is 7.98. The number of nitrogens with zero attached hydrogens (tertiary/aromatic N) is 2. The third-order valence-corrected chi connectivity index (χ3v) is 9.56. The van der Waals surface area contributed by atoms with Crippen molar-refractivity contribution in [3.8, 4) is 5.75 Å². The number of halogens is 1.